The van der Waals surface area contributed by atoms with Crippen LogP contribution in [0.4, 0.5) is 0 Å². The number of allylic oxidation sites excluding steroid dienone is 2. The number of Topliss-reactive ketones (excluding diaryl/α,β-unsaturated/α-hetero) is 1. The Balaban J connectivity index is 1.68. The van der Waals surface area contributed by atoms with Crippen LogP contribution in [0, 0.1) is 18.4 Å². The summed E-state index contributed by atoms with van der Waals surface area (Å²) in [7, 11) is 0. The van der Waals surface area contributed by atoms with Crippen molar-refractivity contribution < 1.29 is 4.79 Å². The molecule has 0 saturated heterocycles. The lowest BCUT2D eigenvalue weighted by molar-refractivity contribution is -0.121. The minimum Gasteiger partial charge on any atom is -0.308 e. The van der Waals surface area contributed by atoms with Crippen LogP contribution in [0.25, 0.3) is 38.3 Å². The van der Waals surface area contributed by atoms with E-state index in [1.807, 2.05) is 25.1 Å². The highest BCUT2D eigenvalue weighted by atomic mass is 16.1. The highest BCUT2D eigenvalue weighted by Crippen LogP contribution is 2.51. The molecule has 1 heterocycles. The molecule has 4 heteroatoms. The number of aromatic nitrogens is 2. The van der Waals surface area contributed by atoms with Crippen molar-refractivity contribution in [3.8, 4) is 22.6 Å². The largest absolute Gasteiger partial charge is 0.308 e. The maximum Gasteiger partial charge on any atom is 0.226 e. The molecule has 3 aromatic carbocycles. The zero-order chi connectivity index (χ0) is 26.6. The van der Waals surface area contributed by atoms with E-state index in [0.29, 0.717) is 11.7 Å². The number of ketones is 1. The van der Waals surface area contributed by atoms with Crippen molar-refractivity contribution in [2.24, 2.45) is 11.8 Å². The average molecular weight is 498 g/mol. The Hall–Kier alpha value is -4.10. The van der Waals surface area contributed by atoms with Gasteiger partial charge in [-0.05, 0) is 47.1 Å². The van der Waals surface area contributed by atoms with Crippen LogP contribution in [0.5, 0.6) is 0 Å². The molecule has 6 rings (SSSR count). The molecule has 4 nitrogen and oxygen atoms in total. The van der Waals surface area contributed by atoms with Gasteiger partial charge in [0.05, 0.1) is 18.0 Å². The summed E-state index contributed by atoms with van der Waals surface area (Å²) in [6, 6.07) is 23.3. The number of hydrogen-bond donors (Lipinski definition) is 0. The molecule has 188 valence electrons. The van der Waals surface area contributed by atoms with Crippen molar-refractivity contribution in [3.63, 3.8) is 0 Å². The number of carbonyl (C=O) groups excluding carboxylic acids is 1. The molecule has 0 amide bonds. The number of carbonyl (C=O) groups is 1. The molecule has 4 aromatic rings. The van der Waals surface area contributed by atoms with Crippen LogP contribution < -0.4 is 0 Å². The molecule has 0 spiro atoms. The van der Waals surface area contributed by atoms with Gasteiger partial charge in [0.25, 0.3) is 0 Å². The number of benzene rings is 3. The Morgan fingerprint density at radius 3 is 2.58 bits per heavy atom. The molecule has 38 heavy (non-hydrogen) atoms. The highest BCUT2D eigenvalue weighted by Gasteiger charge is 2.49. The Labute approximate surface area is 224 Å². The molecule has 0 fully saturated rings. The highest BCUT2D eigenvalue weighted by molar-refractivity contribution is 6.00. The van der Waals surface area contributed by atoms with E-state index in [1.54, 1.807) is 0 Å². The number of nitrogens with zero attached hydrogens (tertiary/aromatic N) is 3. The maximum atomic E-state index is 13.0. The molecule has 0 N–H and O–H groups in total. The SMILES string of the molecule is [C-]#[N+]C1=C[C@@]2(C)c3nc(-c4cccc5ccccc45)nc(-c4cccc(C(C)C)c4)c3CC[C@@H]2[C@@H](C)C1=O. The zero-order valence-electron chi connectivity index (χ0n) is 22.3. The molecule has 0 aliphatic heterocycles. The molecule has 0 radical (unpaired) electrons. The zero-order valence-corrected chi connectivity index (χ0v) is 22.3. The summed E-state index contributed by atoms with van der Waals surface area (Å²) in [6.45, 7) is 16.3. The Morgan fingerprint density at radius 1 is 1.03 bits per heavy atom. The van der Waals surface area contributed by atoms with Crippen molar-refractivity contribution in [2.45, 2.75) is 51.9 Å². The third kappa shape index (κ3) is 3.69. The Morgan fingerprint density at radius 2 is 1.79 bits per heavy atom. The van der Waals surface area contributed by atoms with Gasteiger partial charge in [-0.15, -0.1) is 0 Å². The van der Waals surface area contributed by atoms with Crippen LogP contribution >= 0.6 is 0 Å². The number of hydrogen-bond acceptors (Lipinski definition) is 3. The first kappa shape index (κ1) is 24.2. The van der Waals surface area contributed by atoms with E-state index in [2.05, 4.69) is 80.2 Å². The minimum absolute atomic E-state index is 0.0425. The lowest BCUT2D eigenvalue weighted by Crippen LogP contribution is -2.46. The van der Waals surface area contributed by atoms with E-state index in [4.69, 9.17) is 16.5 Å². The van der Waals surface area contributed by atoms with Crippen LogP contribution in [0.1, 0.15) is 56.9 Å². The monoisotopic (exact) mass is 497 g/mol. The van der Waals surface area contributed by atoms with Crippen molar-refractivity contribution in [3.05, 3.63) is 107 Å². The van der Waals surface area contributed by atoms with Crippen LogP contribution in [-0.4, -0.2) is 15.8 Å². The van der Waals surface area contributed by atoms with Crippen LogP contribution in [0.15, 0.2) is 78.5 Å². The van der Waals surface area contributed by atoms with Gasteiger partial charge in [-0.25, -0.2) is 14.8 Å². The molecule has 2 aliphatic rings. The van der Waals surface area contributed by atoms with Crippen molar-refractivity contribution in [1.82, 2.24) is 9.97 Å². The molecular formula is C34H31N3O. The van der Waals surface area contributed by atoms with Gasteiger partial charge in [-0.2, -0.15) is 0 Å². The Bertz CT molecular complexity index is 1670. The summed E-state index contributed by atoms with van der Waals surface area (Å²) >= 11 is 0. The fourth-order valence-electron chi connectivity index (χ4n) is 6.57. The summed E-state index contributed by atoms with van der Waals surface area (Å²) in [6.07, 6.45) is 3.58. The Kier molecular flexibility index (Phi) is 5.76. The standard InChI is InChI=1S/C34H31N3O/c1-20(2)23-12-8-13-24(18-23)30-27-16-17-28-21(3)31(38)29(35-5)19-34(28,4)32(27)37-33(36-30)26-15-9-11-22-10-6-7-14-25(22)26/h6-15,18-21,28H,16-17H2,1-4H3/t21-,28-,34-/m1/s1. The molecule has 0 unspecified atom stereocenters. The van der Waals surface area contributed by atoms with E-state index in [1.165, 1.54) is 5.56 Å². The fraction of sp³-hybridized carbons (Fsp3) is 0.294. The maximum absolute atomic E-state index is 13.0. The van der Waals surface area contributed by atoms with Gasteiger partial charge in [0, 0.05) is 28.0 Å². The minimum atomic E-state index is -0.520. The van der Waals surface area contributed by atoms with Gasteiger partial charge in [-0.1, -0.05) is 94.4 Å². The lowest BCUT2D eigenvalue weighted by Gasteiger charge is -2.46. The van der Waals surface area contributed by atoms with Gasteiger partial charge in [0.1, 0.15) is 0 Å². The van der Waals surface area contributed by atoms with Crippen molar-refractivity contribution in [1.29, 1.82) is 0 Å². The second kappa shape index (κ2) is 9.03. The summed E-state index contributed by atoms with van der Waals surface area (Å²) in [5.74, 6) is 0.930. The molecule has 0 saturated carbocycles. The number of rotatable bonds is 3. The van der Waals surface area contributed by atoms with Crippen LogP contribution in [0.3, 0.4) is 0 Å². The predicted octanol–water partition coefficient (Wildman–Crippen LogP) is 7.93. The van der Waals surface area contributed by atoms with Gasteiger partial charge < -0.3 is 4.79 Å². The summed E-state index contributed by atoms with van der Waals surface area (Å²) in [5.41, 5.74) is 6.12. The van der Waals surface area contributed by atoms with Gasteiger partial charge in [0.15, 0.2) is 11.6 Å². The van der Waals surface area contributed by atoms with E-state index < -0.39 is 5.41 Å². The first-order valence-corrected chi connectivity index (χ1v) is 13.5. The molecule has 3 atom stereocenters. The van der Waals surface area contributed by atoms with Gasteiger partial charge in [-0.3, -0.25) is 0 Å². The van der Waals surface area contributed by atoms with Crippen molar-refractivity contribution in [2.75, 3.05) is 0 Å². The second-order valence-electron chi connectivity index (χ2n) is 11.3. The smallest absolute Gasteiger partial charge is 0.226 e. The van der Waals surface area contributed by atoms with Crippen molar-refractivity contribution >= 4 is 16.6 Å². The summed E-state index contributed by atoms with van der Waals surface area (Å²) in [4.78, 5) is 27.2. The van der Waals surface area contributed by atoms with Gasteiger partial charge in [0.2, 0.25) is 5.70 Å². The molecule has 1 aromatic heterocycles. The third-order valence-electron chi connectivity index (χ3n) is 8.68. The predicted molar refractivity (Wildman–Crippen MR) is 153 cm³/mol. The van der Waals surface area contributed by atoms with E-state index >= 15 is 0 Å². The van der Waals surface area contributed by atoms with E-state index in [0.717, 1.165) is 51.7 Å². The first-order chi connectivity index (χ1) is 18.3. The fourth-order valence-corrected chi connectivity index (χ4v) is 6.57. The lowest BCUT2D eigenvalue weighted by atomic mass is 9.58. The number of fused-ring (bicyclic) bond motifs is 4. The average Bonchev–Trinajstić information content (AvgIpc) is 2.94. The normalized spacial score (nSPS) is 22.5. The van der Waals surface area contributed by atoms with E-state index in [9.17, 15) is 4.79 Å². The third-order valence-corrected chi connectivity index (χ3v) is 8.68. The topological polar surface area (TPSA) is 47.2 Å². The molecule has 0 bridgehead atoms. The van der Waals surface area contributed by atoms with Gasteiger partial charge >= 0.3 is 0 Å². The summed E-state index contributed by atoms with van der Waals surface area (Å²) < 4.78 is 0. The van der Waals surface area contributed by atoms with Crippen LogP contribution in [-0.2, 0) is 16.6 Å². The van der Waals surface area contributed by atoms with Crippen LogP contribution in [0.2, 0.25) is 0 Å². The molecular weight excluding hydrogens is 466 g/mol. The quantitative estimate of drug-likeness (QED) is 0.270. The molecule has 2 aliphatic carbocycles. The summed E-state index contributed by atoms with van der Waals surface area (Å²) in [5, 5.41) is 2.25. The van der Waals surface area contributed by atoms with E-state index in [-0.39, 0.29) is 23.3 Å². The second-order valence-corrected chi connectivity index (χ2v) is 11.3. The first-order valence-electron chi connectivity index (χ1n) is 13.5.